The van der Waals surface area contributed by atoms with E-state index in [1.54, 1.807) is 0 Å². The van der Waals surface area contributed by atoms with Gasteiger partial charge in [0.15, 0.2) is 12.4 Å². The molecule has 0 bridgehead atoms. The van der Waals surface area contributed by atoms with E-state index in [1.807, 2.05) is 60.7 Å². The first-order chi connectivity index (χ1) is 14.7. The normalized spacial score (nSPS) is 13.3. The molecule has 0 radical (unpaired) electrons. The first-order valence-corrected chi connectivity index (χ1v) is 10.4. The zero-order valence-corrected chi connectivity index (χ0v) is 17.2. The maximum Gasteiger partial charge on any atom is 0.262 e. The highest BCUT2D eigenvalue weighted by atomic mass is 16.5. The number of anilines is 2. The summed E-state index contributed by atoms with van der Waals surface area (Å²) in [5.74, 6) is 1.43. The minimum atomic E-state index is -0.197. The topological polar surface area (TPSA) is 67.3 Å². The van der Waals surface area contributed by atoms with Gasteiger partial charge in [-0.05, 0) is 61.2 Å². The largest absolute Gasteiger partial charge is 0.484 e. The van der Waals surface area contributed by atoms with Crippen molar-refractivity contribution in [2.45, 2.75) is 26.2 Å². The summed E-state index contributed by atoms with van der Waals surface area (Å²) in [5, 5.41) is 11.6. The van der Waals surface area contributed by atoms with Crippen molar-refractivity contribution < 1.29 is 9.53 Å². The average molecular weight is 402 g/mol. The molecule has 2 heterocycles. The third-order valence-electron chi connectivity index (χ3n) is 5.25. The number of aryl methyl sites for hydroxylation is 1. The fraction of sp³-hybridized carbons (Fsp3) is 0.292. The Hall–Kier alpha value is -3.41. The number of nitrogens with one attached hydrogen (secondary N) is 1. The second-order valence-electron chi connectivity index (χ2n) is 7.38. The smallest absolute Gasteiger partial charge is 0.262 e. The fourth-order valence-electron chi connectivity index (χ4n) is 3.49. The summed E-state index contributed by atoms with van der Waals surface area (Å²) in [6.45, 7) is 4.17. The maximum atomic E-state index is 12.2. The summed E-state index contributed by atoms with van der Waals surface area (Å²) in [5.41, 5.74) is 3.73. The van der Waals surface area contributed by atoms with Gasteiger partial charge >= 0.3 is 0 Å². The molecule has 6 nitrogen and oxygen atoms in total. The number of carbonyl (C=O) groups excluding carboxylic acids is 1. The maximum absolute atomic E-state index is 12.2. The van der Waals surface area contributed by atoms with E-state index in [0.29, 0.717) is 5.75 Å². The first-order valence-electron chi connectivity index (χ1n) is 10.4. The Morgan fingerprint density at radius 3 is 2.33 bits per heavy atom. The van der Waals surface area contributed by atoms with E-state index in [1.165, 1.54) is 18.4 Å². The zero-order chi connectivity index (χ0) is 20.8. The highest BCUT2D eigenvalue weighted by molar-refractivity contribution is 5.92. The molecule has 1 saturated heterocycles. The number of nitrogens with zero attached hydrogens (tertiary/aromatic N) is 3. The lowest BCUT2D eigenvalue weighted by Crippen LogP contribution is -2.20. The highest BCUT2D eigenvalue weighted by Crippen LogP contribution is 2.22. The van der Waals surface area contributed by atoms with Gasteiger partial charge in [-0.15, -0.1) is 10.2 Å². The van der Waals surface area contributed by atoms with Gasteiger partial charge in [-0.3, -0.25) is 4.79 Å². The molecule has 1 aromatic heterocycles. The van der Waals surface area contributed by atoms with Crippen molar-refractivity contribution in [2.75, 3.05) is 29.9 Å². The van der Waals surface area contributed by atoms with Gasteiger partial charge in [-0.25, -0.2) is 0 Å². The van der Waals surface area contributed by atoms with E-state index in [4.69, 9.17) is 4.74 Å². The molecule has 154 valence electrons. The number of amides is 1. The number of benzene rings is 2. The van der Waals surface area contributed by atoms with Crippen LogP contribution >= 0.6 is 0 Å². The summed E-state index contributed by atoms with van der Waals surface area (Å²) in [4.78, 5) is 14.4. The van der Waals surface area contributed by atoms with Crippen molar-refractivity contribution in [1.29, 1.82) is 0 Å². The lowest BCUT2D eigenvalue weighted by molar-refractivity contribution is -0.118. The van der Waals surface area contributed by atoms with Gasteiger partial charge in [-0.1, -0.05) is 31.2 Å². The van der Waals surface area contributed by atoms with Crippen molar-refractivity contribution in [3.05, 3.63) is 66.2 Å². The second kappa shape index (κ2) is 9.39. The van der Waals surface area contributed by atoms with Crippen molar-refractivity contribution in [2.24, 2.45) is 0 Å². The Morgan fingerprint density at radius 1 is 0.967 bits per heavy atom. The molecule has 0 spiro atoms. The summed E-state index contributed by atoms with van der Waals surface area (Å²) >= 11 is 0. The molecule has 1 amide bonds. The molecule has 1 fully saturated rings. The van der Waals surface area contributed by atoms with Crippen LogP contribution in [0.4, 0.5) is 11.5 Å². The molecule has 1 aliphatic rings. The minimum absolute atomic E-state index is 0.0311. The van der Waals surface area contributed by atoms with Crippen molar-refractivity contribution >= 4 is 17.4 Å². The van der Waals surface area contributed by atoms with E-state index in [0.717, 1.165) is 42.3 Å². The van der Waals surface area contributed by atoms with Gasteiger partial charge in [0.05, 0.1) is 5.69 Å². The Morgan fingerprint density at radius 2 is 1.70 bits per heavy atom. The SMILES string of the molecule is CCc1ccc(OCC(=O)Nc2ccc(-c3ccc(N4CCCC4)nn3)cc2)cc1. The van der Waals surface area contributed by atoms with Crippen LogP contribution in [0, 0.1) is 0 Å². The lowest BCUT2D eigenvalue weighted by Gasteiger charge is -2.15. The van der Waals surface area contributed by atoms with E-state index in [2.05, 4.69) is 27.3 Å². The van der Waals surface area contributed by atoms with E-state index in [9.17, 15) is 4.79 Å². The monoisotopic (exact) mass is 402 g/mol. The van der Waals surface area contributed by atoms with Crippen LogP contribution < -0.4 is 15.0 Å². The molecule has 0 atom stereocenters. The van der Waals surface area contributed by atoms with Crippen molar-refractivity contribution in [1.82, 2.24) is 10.2 Å². The van der Waals surface area contributed by atoms with E-state index >= 15 is 0 Å². The van der Waals surface area contributed by atoms with Gasteiger partial charge in [0.25, 0.3) is 5.91 Å². The number of aromatic nitrogens is 2. The summed E-state index contributed by atoms with van der Waals surface area (Å²) in [6.07, 6.45) is 3.41. The van der Waals surface area contributed by atoms with Crippen LogP contribution in [-0.4, -0.2) is 35.8 Å². The van der Waals surface area contributed by atoms with Gasteiger partial charge in [0.1, 0.15) is 5.75 Å². The molecular weight excluding hydrogens is 376 g/mol. The third kappa shape index (κ3) is 4.95. The van der Waals surface area contributed by atoms with Crippen LogP contribution in [0.25, 0.3) is 11.3 Å². The Bertz CT molecular complexity index is 964. The number of hydrogen-bond donors (Lipinski definition) is 1. The molecule has 1 aliphatic heterocycles. The van der Waals surface area contributed by atoms with Crippen LogP contribution in [0.1, 0.15) is 25.3 Å². The summed E-state index contributed by atoms with van der Waals surface area (Å²) in [6, 6.07) is 19.4. The van der Waals surface area contributed by atoms with Gasteiger partial charge < -0.3 is 15.0 Å². The quantitative estimate of drug-likeness (QED) is 0.637. The summed E-state index contributed by atoms with van der Waals surface area (Å²) in [7, 11) is 0. The highest BCUT2D eigenvalue weighted by Gasteiger charge is 2.14. The van der Waals surface area contributed by atoms with Crippen LogP contribution in [0.15, 0.2) is 60.7 Å². The molecule has 0 unspecified atom stereocenters. The van der Waals surface area contributed by atoms with Gasteiger partial charge in [-0.2, -0.15) is 0 Å². The zero-order valence-electron chi connectivity index (χ0n) is 17.2. The molecule has 30 heavy (non-hydrogen) atoms. The fourth-order valence-corrected chi connectivity index (χ4v) is 3.49. The first kappa shape index (κ1) is 19.9. The molecule has 2 aromatic carbocycles. The van der Waals surface area contributed by atoms with Crippen molar-refractivity contribution in [3.63, 3.8) is 0 Å². The van der Waals surface area contributed by atoms with Gasteiger partial charge in [0, 0.05) is 24.3 Å². The Kier molecular flexibility index (Phi) is 6.23. The van der Waals surface area contributed by atoms with E-state index < -0.39 is 0 Å². The average Bonchev–Trinajstić information content (AvgIpc) is 3.34. The molecule has 0 saturated carbocycles. The number of rotatable bonds is 7. The molecule has 1 N–H and O–H groups in total. The number of ether oxygens (including phenoxy) is 1. The molecule has 6 heteroatoms. The summed E-state index contributed by atoms with van der Waals surface area (Å²) < 4.78 is 5.55. The molecule has 0 aliphatic carbocycles. The van der Waals surface area contributed by atoms with Crippen LogP contribution in [0.3, 0.4) is 0 Å². The minimum Gasteiger partial charge on any atom is -0.484 e. The predicted octanol–water partition coefficient (Wildman–Crippen LogP) is 4.32. The lowest BCUT2D eigenvalue weighted by atomic mass is 10.1. The second-order valence-corrected chi connectivity index (χ2v) is 7.38. The van der Waals surface area contributed by atoms with Crippen LogP contribution in [0.2, 0.25) is 0 Å². The Labute approximate surface area is 176 Å². The third-order valence-corrected chi connectivity index (χ3v) is 5.25. The molecular formula is C24H26N4O2. The predicted molar refractivity (Wildman–Crippen MR) is 119 cm³/mol. The van der Waals surface area contributed by atoms with E-state index in [-0.39, 0.29) is 12.5 Å². The van der Waals surface area contributed by atoms with Crippen LogP contribution in [-0.2, 0) is 11.2 Å². The molecule has 4 rings (SSSR count). The van der Waals surface area contributed by atoms with Crippen molar-refractivity contribution in [3.8, 4) is 17.0 Å². The standard InChI is InChI=1S/C24H26N4O2/c1-2-18-5-11-21(12-6-18)30-17-24(29)25-20-9-7-19(8-10-20)22-13-14-23(27-26-22)28-15-3-4-16-28/h5-14H,2-4,15-17H2,1H3,(H,25,29). The Balaban J connectivity index is 1.31. The number of hydrogen-bond acceptors (Lipinski definition) is 5. The molecule has 3 aromatic rings. The number of carbonyl (C=O) groups is 1. The van der Waals surface area contributed by atoms with Crippen LogP contribution in [0.5, 0.6) is 5.75 Å². The van der Waals surface area contributed by atoms with Gasteiger partial charge in [0.2, 0.25) is 0 Å².